The molecule has 0 radical (unpaired) electrons. The summed E-state index contributed by atoms with van der Waals surface area (Å²) in [5.41, 5.74) is 8.95. The maximum atomic E-state index is 5.92. The quantitative estimate of drug-likeness (QED) is 0.932. The first-order valence-corrected chi connectivity index (χ1v) is 7.14. The van der Waals surface area contributed by atoms with E-state index in [0.717, 1.165) is 18.7 Å². The Hall–Kier alpha value is -2.04. The van der Waals surface area contributed by atoms with E-state index in [1.54, 1.807) is 0 Å². The van der Waals surface area contributed by atoms with Crippen molar-refractivity contribution in [3.8, 4) is 11.7 Å². The van der Waals surface area contributed by atoms with Gasteiger partial charge in [-0.15, -0.1) is 0 Å². The molecule has 106 valence electrons. The molecule has 0 spiro atoms. The Bertz CT molecular complexity index is 618. The number of imidazole rings is 1. The van der Waals surface area contributed by atoms with Crippen molar-refractivity contribution in [1.29, 1.82) is 0 Å². The van der Waals surface area contributed by atoms with Crippen LogP contribution in [-0.4, -0.2) is 20.6 Å². The SMILES string of the molecule is CC(C)Oc1nc(-n2cnc3c2CCCC3)ccc1N. The van der Waals surface area contributed by atoms with Gasteiger partial charge in [0.05, 0.1) is 17.5 Å². The van der Waals surface area contributed by atoms with E-state index in [0.29, 0.717) is 11.6 Å². The molecule has 0 atom stereocenters. The average Bonchev–Trinajstić information content (AvgIpc) is 2.85. The van der Waals surface area contributed by atoms with E-state index in [-0.39, 0.29) is 6.10 Å². The van der Waals surface area contributed by atoms with Crippen LogP contribution >= 0.6 is 0 Å². The Balaban J connectivity index is 2.00. The molecule has 0 saturated heterocycles. The van der Waals surface area contributed by atoms with Crippen LogP contribution in [0.2, 0.25) is 0 Å². The molecule has 2 aromatic rings. The van der Waals surface area contributed by atoms with Crippen molar-refractivity contribution in [3.05, 3.63) is 29.8 Å². The third-order valence-electron chi connectivity index (χ3n) is 3.50. The number of fused-ring (bicyclic) bond motifs is 1. The van der Waals surface area contributed by atoms with Gasteiger partial charge in [0.2, 0.25) is 5.88 Å². The van der Waals surface area contributed by atoms with Gasteiger partial charge < -0.3 is 10.5 Å². The van der Waals surface area contributed by atoms with Gasteiger partial charge in [0.15, 0.2) is 0 Å². The molecule has 5 heteroatoms. The smallest absolute Gasteiger partial charge is 0.239 e. The number of hydrogen-bond donors (Lipinski definition) is 1. The number of aromatic nitrogens is 3. The lowest BCUT2D eigenvalue weighted by molar-refractivity contribution is 0.234. The second kappa shape index (κ2) is 5.15. The second-order valence-electron chi connectivity index (χ2n) is 5.45. The summed E-state index contributed by atoms with van der Waals surface area (Å²) in [6.07, 6.45) is 6.46. The lowest BCUT2D eigenvalue weighted by Crippen LogP contribution is -2.12. The fourth-order valence-corrected chi connectivity index (χ4v) is 2.56. The van der Waals surface area contributed by atoms with Crippen LogP contribution in [0.1, 0.15) is 38.1 Å². The van der Waals surface area contributed by atoms with Gasteiger partial charge in [-0.2, -0.15) is 4.98 Å². The number of pyridine rings is 1. The van der Waals surface area contributed by atoms with Gasteiger partial charge in [-0.3, -0.25) is 4.57 Å². The maximum Gasteiger partial charge on any atom is 0.239 e. The van der Waals surface area contributed by atoms with Crippen molar-refractivity contribution >= 4 is 5.69 Å². The third-order valence-corrected chi connectivity index (χ3v) is 3.50. The fourth-order valence-electron chi connectivity index (χ4n) is 2.56. The summed E-state index contributed by atoms with van der Waals surface area (Å²) in [5.74, 6) is 1.32. The standard InChI is InChI=1S/C15H20N4O/c1-10(2)20-15-11(16)7-8-14(18-15)19-9-17-12-5-3-4-6-13(12)19/h7-10H,3-6,16H2,1-2H3. The minimum absolute atomic E-state index is 0.0525. The average molecular weight is 272 g/mol. The van der Waals surface area contributed by atoms with Gasteiger partial charge >= 0.3 is 0 Å². The highest BCUT2D eigenvalue weighted by atomic mass is 16.5. The van der Waals surface area contributed by atoms with Crippen LogP contribution in [0.15, 0.2) is 18.5 Å². The molecule has 20 heavy (non-hydrogen) atoms. The highest BCUT2D eigenvalue weighted by Crippen LogP contribution is 2.25. The third kappa shape index (κ3) is 2.35. The maximum absolute atomic E-state index is 5.92. The summed E-state index contributed by atoms with van der Waals surface area (Å²) < 4.78 is 7.71. The topological polar surface area (TPSA) is 66.0 Å². The molecule has 0 amide bonds. The minimum atomic E-state index is 0.0525. The number of anilines is 1. The van der Waals surface area contributed by atoms with Gasteiger partial charge in [0, 0.05) is 5.69 Å². The molecular formula is C15H20N4O. The first kappa shape index (κ1) is 13.0. The lowest BCUT2D eigenvalue weighted by atomic mass is 10.0. The molecule has 0 saturated carbocycles. The summed E-state index contributed by atoms with van der Waals surface area (Å²) in [6, 6.07) is 3.76. The number of nitrogens with two attached hydrogens (primary N) is 1. The Kier molecular flexibility index (Phi) is 3.34. The van der Waals surface area contributed by atoms with Crippen LogP contribution in [0, 0.1) is 0 Å². The van der Waals surface area contributed by atoms with Gasteiger partial charge in [0.25, 0.3) is 0 Å². The summed E-state index contributed by atoms with van der Waals surface area (Å²) in [4.78, 5) is 9.04. The zero-order valence-corrected chi connectivity index (χ0v) is 12.0. The molecule has 2 N–H and O–H groups in total. The number of nitrogens with zero attached hydrogens (tertiary/aromatic N) is 3. The summed E-state index contributed by atoms with van der Waals surface area (Å²) in [5, 5.41) is 0. The first-order valence-electron chi connectivity index (χ1n) is 7.14. The first-order chi connectivity index (χ1) is 9.65. The normalized spacial score (nSPS) is 14.3. The zero-order valence-electron chi connectivity index (χ0n) is 12.0. The fraction of sp³-hybridized carbons (Fsp3) is 0.467. The lowest BCUT2D eigenvalue weighted by Gasteiger charge is -2.15. The van der Waals surface area contributed by atoms with E-state index >= 15 is 0 Å². The van der Waals surface area contributed by atoms with Crippen LogP contribution in [0.3, 0.4) is 0 Å². The predicted octanol–water partition coefficient (Wildman–Crippen LogP) is 2.52. The molecular weight excluding hydrogens is 252 g/mol. The van der Waals surface area contributed by atoms with Crippen LogP contribution < -0.4 is 10.5 Å². The number of hydrogen-bond acceptors (Lipinski definition) is 4. The Labute approximate surface area is 118 Å². The van der Waals surface area contributed by atoms with Crippen LogP contribution in [0.25, 0.3) is 5.82 Å². The molecule has 3 rings (SSSR count). The second-order valence-corrected chi connectivity index (χ2v) is 5.45. The number of rotatable bonds is 3. The van der Waals surface area contributed by atoms with Crippen molar-refractivity contribution in [3.63, 3.8) is 0 Å². The molecule has 1 aliphatic carbocycles. The summed E-state index contributed by atoms with van der Waals surface area (Å²) in [6.45, 7) is 3.93. The van der Waals surface area contributed by atoms with E-state index < -0.39 is 0 Å². The summed E-state index contributed by atoms with van der Waals surface area (Å²) >= 11 is 0. The molecule has 0 bridgehead atoms. The molecule has 0 unspecified atom stereocenters. The van der Waals surface area contributed by atoms with Crippen molar-refractivity contribution in [1.82, 2.24) is 14.5 Å². The largest absolute Gasteiger partial charge is 0.473 e. The van der Waals surface area contributed by atoms with E-state index in [1.807, 2.05) is 32.3 Å². The molecule has 0 fully saturated rings. The monoisotopic (exact) mass is 272 g/mol. The van der Waals surface area contributed by atoms with Gasteiger partial charge in [-0.25, -0.2) is 4.98 Å². The van der Waals surface area contributed by atoms with Crippen LogP contribution in [-0.2, 0) is 12.8 Å². The highest BCUT2D eigenvalue weighted by Gasteiger charge is 2.17. The Morgan fingerprint density at radius 3 is 2.85 bits per heavy atom. The van der Waals surface area contributed by atoms with E-state index in [1.165, 1.54) is 24.2 Å². The van der Waals surface area contributed by atoms with Crippen molar-refractivity contribution in [2.45, 2.75) is 45.6 Å². The van der Waals surface area contributed by atoms with Gasteiger partial charge in [0.1, 0.15) is 12.1 Å². The van der Waals surface area contributed by atoms with Crippen LogP contribution in [0.4, 0.5) is 5.69 Å². The minimum Gasteiger partial charge on any atom is -0.473 e. The van der Waals surface area contributed by atoms with Gasteiger partial charge in [-0.05, 0) is 51.7 Å². The number of aryl methyl sites for hydroxylation is 1. The van der Waals surface area contributed by atoms with Crippen LogP contribution in [0.5, 0.6) is 5.88 Å². The van der Waals surface area contributed by atoms with E-state index in [9.17, 15) is 0 Å². The van der Waals surface area contributed by atoms with Gasteiger partial charge in [-0.1, -0.05) is 0 Å². The van der Waals surface area contributed by atoms with E-state index in [4.69, 9.17) is 10.5 Å². The molecule has 1 aliphatic rings. The summed E-state index contributed by atoms with van der Waals surface area (Å²) in [7, 11) is 0. The Morgan fingerprint density at radius 2 is 2.05 bits per heavy atom. The predicted molar refractivity (Wildman–Crippen MR) is 78.2 cm³/mol. The van der Waals surface area contributed by atoms with E-state index in [2.05, 4.69) is 14.5 Å². The molecule has 0 aliphatic heterocycles. The zero-order chi connectivity index (χ0) is 14.1. The highest BCUT2D eigenvalue weighted by molar-refractivity contribution is 5.51. The molecule has 5 nitrogen and oxygen atoms in total. The molecule has 2 aromatic heterocycles. The number of ether oxygens (including phenoxy) is 1. The van der Waals surface area contributed by atoms with Crippen molar-refractivity contribution < 1.29 is 4.74 Å². The Morgan fingerprint density at radius 1 is 1.25 bits per heavy atom. The van der Waals surface area contributed by atoms with Crippen molar-refractivity contribution in [2.75, 3.05) is 5.73 Å². The molecule has 2 heterocycles. The van der Waals surface area contributed by atoms with Crippen molar-refractivity contribution in [2.24, 2.45) is 0 Å². The molecule has 0 aromatic carbocycles. The number of nitrogen functional groups attached to an aromatic ring is 1.